The third-order valence-corrected chi connectivity index (χ3v) is 3.82. The van der Waals surface area contributed by atoms with Crippen molar-refractivity contribution in [3.05, 3.63) is 29.8 Å². The first-order chi connectivity index (χ1) is 8.61. The monoisotopic (exact) mass is 248 g/mol. The molecule has 18 heavy (non-hydrogen) atoms. The van der Waals surface area contributed by atoms with Crippen LogP contribution >= 0.6 is 0 Å². The van der Waals surface area contributed by atoms with Gasteiger partial charge in [-0.1, -0.05) is 32.9 Å². The average Bonchev–Trinajstić information content (AvgIpc) is 3.16. The molecule has 0 saturated heterocycles. The Labute approximate surface area is 110 Å². The molecule has 1 aliphatic rings. The summed E-state index contributed by atoms with van der Waals surface area (Å²) in [5.74, 6) is 7.74. The summed E-state index contributed by atoms with van der Waals surface area (Å²) < 4.78 is 5.75. The second kappa shape index (κ2) is 5.72. The van der Waals surface area contributed by atoms with Crippen LogP contribution < -0.4 is 16.0 Å². The van der Waals surface area contributed by atoms with E-state index in [9.17, 15) is 0 Å². The molecule has 1 aromatic rings. The normalized spacial score (nSPS) is 18.7. The van der Waals surface area contributed by atoms with Crippen LogP contribution in [0, 0.1) is 11.8 Å². The third-order valence-electron chi connectivity index (χ3n) is 3.82. The molecule has 0 aromatic heterocycles. The summed E-state index contributed by atoms with van der Waals surface area (Å²) >= 11 is 0. The van der Waals surface area contributed by atoms with E-state index in [1.165, 1.54) is 18.4 Å². The van der Waals surface area contributed by atoms with E-state index >= 15 is 0 Å². The summed E-state index contributed by atoms with van der Waals surface area (Å²) in [6.07, 6.45) is 2.84. The number of nitrogens with two attached hydrogens (primary N) is 1. The number of hydrogen-bond donors (Lipinski definition) is 2. The predicted octanol–water partition coefficient (Wildman–Crippen LogP) is 3.02. The average molecular weight is 248 g/mol. The molecular formula is C15H24N2O. The van der Waals surface area contributed by atoms with E-state index in [-0.39, 0.29) is 6.04 Å². The molecule has 0 radical (unpaired) electrons. The Kier molecular flexibility index (Phi) is 4.25. The van der Waals surface area contributed by atoms with Crippen LogP contribution in [0.3, 0.4) is 0 Å². The van der Waals surface area contributed by atoms with Gasteiger partial charge in [0.1, 0.15) is 5.75 Å². The zero-order chi connectivity index (χ0) is 13.1. The largest absolute Gasteiger partial charge is 0.490 e. The summed E-state index contributed by atoms with van der Waals surface area (Å²) in [6.45, 7) is 6.67. The third kappa shape index (κ3) is 3.24. The Hall–Kier alpha value is -1.06. The van der Waals surface area contributed by atoms with Gasteiger partial charge in [0.15, 0.2) is 0 Å². The number of hydrogen-bond acceptors (Lipinski definition) is 3. The maximum atomic E-state index is 5.75. The van der Waals surface area contributed by atoms with Crippen molar-refractivity contribution in [2.75, 3.05) is 0 Å². The van der Waals surface area contributed by atoms with Gasteiger partial charge in [0.2, 0.25) is 0 Å². The molecule has 1 aliphatic carbocycles. The molecule has 1 saturated carbocycles. The van der Waals surface area contributed by atoms with Gasteiger partial charge in [0.05, 0.1) is 6.10 Å². The summed E-state index contributed by atoms with van der Waals surface area (Å²) in [5, 5.41) is 0. The summed E-state index contributed by atoms with van der Waals surface area (Å²) in [6, 6.07) is 8.51. The van der Waals surface area contributed by atoms with Gasteiger partial charge in [-0.3, -0.25) is 11.3 Å². The van der Waals surface area contributed by atoms with Gasteiger partial charge in [0, 0.05) is 6.04 Å². The van der Waals surface area contributed by atoms with Crippen LogP contribution in [-0.2, 0) is 0 Å². The van der Waals surface area contributed by atoms with E-state index in [0.29, 0.717) is 17.9 Å². The molecule has 100 valence electrons. The molecule has 0 bridgehead atoms. The lowest BCUT2D eigenvalue weighted by molar-refractivity contribution is 0.299. The minimum Gasteiger partial charge on any atom is -0.490 e. The molecule has 0 amide bonds. The maximum absolute atomic E-state index is 5.75. The molecular weight excluding hydrogens is 224 g/mol. The first kappa shape index (κ1) is 13.4. The lowest BCUT2D eigenvalue weighted by atomic mass is 9.86. The molecule has 1 aromatic carbocycles. The van der Waals surface area contributed by atoms with Crippen molar-refractivity contribution in [3.8, 4) is 5.75 Å². The van der Waals surface area contributed by atoms with E-state index in [0.717, 1.165) is 5.75 Å². The van der Waals surface area contributed by atoms with Crippen LogP contribution in [0.25, 0.3) is 0 Å². The standard InChI is InChI=1S/C15H24N2O/c1-10(2)11(3)15(17-16)12-4-6-13(7-5-12)18-14-8-9-14/h4-7,10-11,14-15,17H,8-9,16H2,1-3H3. The fourth-order valence-corrected chi connectivity index (χ4v) is 2.07. The van der Waals surface area contributed by atoms with Gasteiger partial charge in [-0.2, -0.15) is 0 Å². The lowest BCUT2D eigenvalue weighted by Gasteiger charge is -2.26. The van der Waals surface area contributed by atoms with Crippen LogP contribution in [0.4, 0.5) is 0 Å². The van der Waals surface area contributed by atoms with E-state index in [4.69, 9.17) is 10.6 Å². The molecule has 2 rings (SSSR count). The van der Waals surface area contributed by atoms with Crippen LogP contribution in [-0.4, -0.2) is 6.10 Å². The van der Waals surface area contributed by atoms with E-state index < -0.39 is 0 Å². The first-order valence-electron chi connectivity index (χ1n) is 6.84. The van der Waals surface area contributed by atoms with Gasteiger partial charge in [0.25, 0.3) is 0 Å². The van der Waals surface area contributed by atoms with E-state index in [1.807, 2.05) is 12.1 Å². The molecule has 0 spiro atoms. The fourth-order valence-electron chi connectivity index (χ4n) is 2.07. The SMILES string of the molecule is CC(C)C(C)C(NN)c1ccc(OC2CC2)cc1. The number of hydrazine groups is 1. The van der Waals surface area contributed by atoms with Crippen molar-refractivity contribution in [3.63, 3.8) is 0 Å². The molecule has 3 heteroatoms. The van der Waals surface area contributed by atoms with Gasteiger partial charge < -0.3 is 4.74 Å². The molecule has 0 heterocycles. The molecule has 1 fully saturated rings. The van der Waals surface area contributed by atoms with E-state index in [1.54, 1.807) is 0 Å². The fraction of sp³-hybridized carbons (Fsp3) is 0.600. The first-order valence-corrected chi connectivity index (χ1v) is 6.84. The molecule has 0 aliphatic heterocycles. The summed E-state index contributed by atoms with van der Waals surface area (Å²) in [5.41, 5.74) is 4.16. The number of nitrogens with one attached hydrogen (secondary N) is 1. The van der Waals surface area contributed by atoms with E-state index in [2.05, 4.69) is 38.3 Å². The van der Waals surface area contributed by atoms with Gasteiger partial charge in [-0.25, -0.2) is 0 Å². The van der Waals surface area contributed by atoms with Gasteiger partial charge in [-0.05, 0) is 42.4 Å². The molecule has 3 nitrogen and oxygen atoms in total. The van der Waals surface area contributed by atoms with Crippen LogP contribution in [0.15, 0.2) is 24.3 Å². The maximum Gasteiger partial charge on any atom is 0.119 e. The van der Waals surface area contributed by atoms with Crippen molar-refractivity contribution in [1.29, 1.82) is 0 Å². The summed E-state index contributed by atoms with van der Waals surface area (Å²) in [7, 11) is 0. The minimum atomic E-state index is 0.194. The second-order valence-corrected chi connectivity index (χ2v) is 5.63. The minimum absolute atomic E-state index is 0.194. The van der Waals surface area contributed by atoms with Crippen LogP contribution in [0.2, 0.25) is 0 Å². The Morgan fingerprint density at radius 2 is 1.78 bits per heavy atom. The van der Waals surface area contributed by atoms with Crippen molar-refractivity contribution < 1.29 is 4.74 Å². The zero-order valence-electron chi connectivity index (χ0n) is 11.5. The van der Waals surface area contributed by atoms with Gasteiger partial charge in [-0.15, -0.1) is 0 Å². The number of ether oxygens (including phenoxy) is 1. The van der Waals surface area contributed by atoms with Crippen LogP contribution in [0.1, 0.15) is 45.2 Å². The quantitative estimate of drug-likeness (QED) is 0.601. The number of benzene rings is 1. The molecule has 2 unspecified atom stereocenters. The van der Waals surface area contributed by atoms with Gasteiger partial charge >= 0.3 is 0 Å². The van der Waals surface area contributed by atoms with Crippen molar-refractivity contribution in [2.45, 2.75) is 45.8 Å². The molecule has 3 N–H and O–H groups in total. The highest BCUT2D eigenvalue weighted by atomic mass is 16.5. The Balaban J connectivity index is 2.05. The van der Waals surface area contributed by atoms with Crippen LogP contribution in [0.5, 0.6) is 5.75 Å². The van der Waals surface area contributed by atoms with Crippen molar-refractivity contribution >= 4 is 0 Å². The highest BCUT2D eigenvalue weighted by Crippen LogP contribution is 2.30. The smallest absolute Gasteiger partial charge is 0.119 e. The Morgan fingerprint density at radius 1 is 1.17 bits per heavy atom. The highest BCUT2D eigenvalue weighted by molar-refractivity contribution is 5.30. The summed E-state index contributed by atoms with van der Waals surface area (Å²) in [4.78, 5) is 0. The Morgan fingerprint density at radius 3 is 2.22 bits per heavy atom. The predicted molar refractivity (Wildman–Crippen MR) is 74.2 cm³/mol. The van der Waals surface area contributed by atoms with Crippen molar-refractivity contribution in [1.82, 2.24) is 5.43 Å². The van der Waals surface area contributed by atoms with Crippen molar-refractivity contribution in [2.24, 2.45) is 17.7 Å². The zero-order valence-corrected chi connectivity index (χ0v) is 11.5. The lowest BCUT2D eigenvalue weighted by Crippen LogP contribution is -2.34. The Bertz CT molecular complexity index is 371. The topological polar surface area (TPSA) is 47.3 Å². The number of rotatable bonds is 6. The highest BCUT2D eigenvalue weighted by Gasteiger charge is 2.24. The second-order valence-electron chi connectivity index (χ2n) is 5.63. The molecule has 2 atom stereocenters.